The first kappa shape index (κ1) is 10.8. The van der Waals surface area contributed by atoms with E-state index in [0.29, 0.717) is 0 Å². The van der Waals surface area contributed by atoms with Gasteiger partial charge in [0.2, 0.25) is 0 Å². The van der Waals surface area contributed by atoms with E-state index >= 15 is 0 Å². The van der Waals surface area contributed by atoms with E-state index < -0.39 is 0 Å². The number of nitrogens with two attached hydrogens (primary N) is 1. The Morgan fingerprint density at radius 3 is 2.50 bits per heavy atom. The fraction of sp³-hybridized carbons (Fsp3) is 0.333. The Balaban J connectivity index is 2.23. The third-order valence-electron chi connectivity index (χ3n) is 2.52. The van der Waals surface area contributed by atoms with Gasteiger partial charge in [0, 0.05) is 18.7 Å². The Kier molecular flexibility index (Phi) is 3.01. The summed E-state index contributed by atoms with van der Waals surface area (Å²) in [5.74, 6) is 0. The largest absolute Gasteiger partial charge is 0.328 e. The third kappa shape index (κ3) is 2.28. The molecule has 1 atom stereocenters. The van der Waals surface area contributed by atoms with Crippen LogP contribution in [-0.2, 0) is 13.5 Å². The lowest BCUT2D eigenvalue weighted by molar-refractivity contribution is 0.720. The van der Waals surface area contributed by atoms with Crippen LogP contribution in [0.25, 0.3) is 11.3 Å². The molecule has 1 aromatic carbocycles. The van der Waals surface area contributed by atoms with Gasteiger partial charge in [0.05, 0.1) is 11.9 Å². The van der Waals surface area contributed by atoms with Crippen molar-refractivity contribution in [1.82, 2.24) is 15.0 Å². The lowest BCUT2D eigenvalue weighted by Gasteiger charge is -2.06. The van der Waals surface area contributed by atoms with E-state index in [1.807, 2.05) is 14.0 Å². The number of benzene rings is 1. The predicted octanol–water partition coefficient (Wildman–Crippen LogP) is 1.37. The summed E-state index contributed by atoms with van der Waals surface area (Å²) in [4.78, 5) is 0. The first-order chi connectivity index (χ1) is 7.66. The van der Waals surface area contributed by atoms with Gasteiger partial charge in [0.1, 0.15) is 0 Å². The molecule has 2 aromatic rings. The van der Waals surface area contributed by atoms with Gasteiger partial charge in [-0.15, -0.1) is 5.10 Å². The Morgan fingerprint density at radius 1 is 1.31 bits per heavy atom. The molecule has 84 valence electrons. The lowest BCUT2D eigenvalue weighted by Crippen LogP contribution is -2.17. The third-order valence-corrected chi connectivity index (χ3v) is 2.52. The van der Waals surface area contributed by atoms with E-state index in [1.165, 1.54) is 5.56 Å². The van der Waals surface area contributed by atoms with Gasteiger partial charge < -0.3 is 5.73 Å². The molecule has 2 rings (SSSR count). The highest BCUT2D eigenvalue weighted by Gasteiger charge is 2.03. The smallest absolute Gasteiger partial charge is 0.0882 e. The minimum atomic E-state index is 0.198. The van der Waals surface area contributed by atoms with Gasteiger partial charge >= 0.3 is 0 Å². The molecule has 0 saturated heterocycles. The van der Waals surface area contributed by atoms with E-state index in [9.17, 15) is 0 Å². The summed E-state index contributed by atoms with van der Waals surface area (Å²) >= 11 is 0. The van der Waals surface area contributed by atoms with Crippen molar-refractivity contribution >= 4 is 0 Å². The second-order valence-corrected chi connectivity index (χ2v) is 4.12. The standard InChI is InChI=1S/C12H16N4/c1-9(13)7-10-3-5-11(6-4-10)12-8-14-15-16(12)2/h3-6,8-9H,7,13H2,1-2H3. The molecule has 0 bridgehead atoms. The first-order valence-electron chi connectivity index (χ1n) is 5.36. The van der Waals surface area contributed by atoms with Gasteiger partial charge in [-0.1, -0.05) is 29.5 Å². The summed E-state index contributed by atoms with van der Waals surface area (Å²) < 4.78 is 1.76. The van der Waals surface area contributed by atoms with Crippen molar-refractivity contribution in [3.8, 4) is 11.3 Å². The fourth-order valence-corrected chi connectivity index (χ4v) is 1.73. The molecule has 2 N–H and O–H groups in total. The zero-order chi connectivity index (χ0) is 11.5. The molecule has 16 heavy (non-hydrogen) atoms. The zero-order valence-electron chi connectivity index (χ0n) is 9.59. The van der Waals surface area contributed by atoms with Crippen molar-refractivity contribution in [3.05, 3.63) is 36.0 Å². The van der Waals surface area contributed by atoms with Crippen LogP contribution in [0.2, 0.25) is 0 Å². The summed E-state index contributed by atoms with van der Waals surface area (Å²) in [6.45, 7) is 2.01. The number of aromatic nitrogens is 3. The maximum absolute atomic E-state index is 5.76. The summed E-state index contributed by atoms with van der Waals surface area (Å²) in [5, 5.41) is 7.77. The average Bonchev–Trinajstić information content (AvgIpc) is 2.65. The van der Waals surface area contributed by atoms with Gasteiger partial charge in [0.15, 0.2) is 0 Å². The first-order valence-corrected chi connectivity index (χ1v) is 5.36. The van der Waals surface area contributed by atoms with Gasteiger partial charge in [-0.3, -0.25) is 0 Å². The Morgan fingerprint density at radius 2 is 2.00 bits per heavy atom. The van der Waals surface area contributed by atoms with Crippen LogP contribution in [0.3, 0.4) is 0 Å². The molecular formula is C12H16N4. The Labute approximate surface area is 95.1 Å². The maximum atomic E-state index is 5.76. The highest BCUT2D eigenvalue weighted by atomic mass is 15.4. The normalized spacial score (nSPS) is 12.7. The van der Waals surface area contributed by atoms with Crippen LogP contribution >= 0.6 is 0 Å². The van der Waals surface area contributed by atoms with Crippen LogP contribution in [0.15, 0.2) is 30.5 Å². The van der Waals surface area contributed by atoms with Crippen molar-refractivity contribution in [2.75, 3.05) is 0 Å². The second kappa shape index (κ2) is 4.45. The molecule has 1 unspecified atom stereocenters. The molecule has 0 saturated carbocycles. The number of hydrogen-bond donors (Lipinski definition) is 1. The molecule has 1 heterocycles. The summed E-state index contributed by atoms with van der Waals surface area (Å²) in [7, 11) is 1.89. The summed E-state index contributed by atoms with van der Waals surface area (Å²) in [5.41, 5.74) is 9.16. The van der Waals surface area contributed by atoms with Gasteiger partial charge in [0.25, 0.3) is 0 Å². The minimum Gasteiger partial charge on any atom is -0.328 e. The molecule has 1 aromatic heterocycles. The predicted molar refractivity (Wildman–Crippen MR) is 63.8 cm³/mol. The van der Waals surface area contributed by atoms with E-state index in [2.05, 4.69) is 34.6 Å². The van der Waals surface area contributed by atoms with Crippen LogP contribution in [0.4, 0.5) is 0 Å². The molecule has 0 aliphatic rings. The van der Waals surface area contributed by atoms with Crippen LogP contribution in [0.1, 0.15) is 12.5 Å². The molecule has 0 aliphatic heterocycles. The monoisotopic (exact) mass is 216 g/mol. The number of nitrogens with zero attached hydrogens (tertiary/aromatic N) is 3. The molecule has 0 spiro atoms. The minimum absolute atomic E-state index is 0.198. The zero-order valence-corrected chi connectivity index (χ0v) is 9.59. The molecule has 0 fully saturated rings. The number of aryl methyl sites for hydroxylation is 1. The molecule has 4 heteroatoms. The maximum Gasteiger partial charge on any atom is 0.0882 e. The fourth-order valence-electron chi connectivity index (χ4n) is 1.73. The summed E-state index contributed by atoms with van der Waals surface area (Å²) in [6.07, 6.45) is 2.67. The van der Waals surface area contributed by atoms with E-state index in [-0.39, 0.29) is 6.04 Å². The SMILES string of the molecule is CC(N)Cc1ccc(-c2cnnn2C)cc1. The second-order valence-electron chi connectivity index (χ2n) is 4.12. The number of rotatable bonds is 3. The highest BCUT2D eigenvalue weighted by Crippen LogP contribution is 2.18. The van der Waals surface area contributed by atoms with E-state index in [4.69, 9.17) is 5.73 Å². The topological polar surface area (TPSA) is 56.7 Å². The van der Waals surface area contributed by atoms with Crippen LogP contribution in [-0.4, -0.2) is 21.0 Å². The van der Waals surface area contributed by atoms with Crippen molar-refractivity contribution in [2.24, 2.45) is 12.8 Å². The summed E-state index contributed by atoms with van der Waals surface area (Å²) in [6, 6.07) is 8.56. The van der Waals surface area contributed by atoms with Crippen molar-refractivity contribution in [2.45, 2.75) is 19.4 Å². The van der Waals surface area contributed by atoms with Crippen molar-refractivity contribution < 1.29 is 0 Å². The molecular weight excluding hydrogens is 200 g/mol. The van der Waals surface area contributed by atoms with Gasteiger partial charge in [-0.2, -0.15) is 0 Å². The van der Waals surface area contributed by atoms with Crippen molar-refractivity contribution in [3.63, 3.8) is 0 Å². The van der Waals surface area contributed by atoms with Crippen LogP contribution < -0.4 is 5.73 Å². The van der Waals surface area contributed by atoms with Gasteiger partial charge in [-0.25, -0.2) is 4.68 Å². The Hall–Kier alpha value is -1.68. The molecule has 4 nitrogen and oxygen atoms in total. The lowest BCUT2D eigenvalue weighted by atomic mass is 10.0. The highest BCUT2D eigenvalue weighted by molar-refractivity contribution is 5.58. The van der Waals surface area contributed by atoms with E-state index in [1.54, 1.807) is 10.9 Å². The van der Waals surface area contributed by atoms with Crippen LogP contribution in [0, 0.1) is 0 Å². The van der Waals surface area contributed by atoms with Crippen LogP contribution in [0.5, 0.6) is 0 Å². The van der Waals surface area contributed by atoms with E-state index in [0.717, 1.165) is 17.7 Å². The quantitative estimate of drug-likeness (QED) is 0.843. The molecule has 0 radical (unpaired) electrons. The Bertz CT molecular complexity index is 456. The molecule has 0 aliphatic carbocycles. The van der Waals surface area contributed by atoms with Crippen molar-refractivity contribution in [1.29, 1.82) is 0 Å². The molecule has 0 amide bonds. The van der Waals surface area contributed by atoms with Gasteiger partial charge in [-0.05, 0) is 18.9 Å². The number of hydrogen-bond acceptors (Lipinski definition) is 3. The average molecular weight is 216 g/mol.